The van der Waals surface area contributed by atoms with Crippen LogP contribution in [0.2, 0.25) is 0 Å². The molecule has 6 heteroatoms. The van der Waals surface area contributed by atoms with Gasteiger partial charge in [0.05, 0.1) is 7.11 Å². The molecule has 1 atom stereocenters. The molecule has 0 radical (unpaired) electrons. The second-order valence-electron chi connectivity index (χ2n) is 6.47. The molecular weight excluding hydrogens is 376 g/mol. The fraction of sp³-hybridized carbons (Fsp3) is 0.130. The fourth-order valence-corrected chi connectivity index (χ4v) is 2.96. The minimum Gasteiger partial charge on any atom is -0.467 e. The first-order chi connectivity index (χ1) is 14.0. The van der Waals surface area contributed by atoms with E-state index in [1.54, 1.807) is 0 Å². The second-order valence-corrected chi connectivity index (χ2v) is 6.47. The number of benzene rings is 3. The van der Waals surface area contributed by atoms with Crippen molar-refractivity contribution in [1.82, 2.24) is 5.32 Å². The standard InChI is InChI=1S/C23H19F2NO3/c1-29-23(28)21(26-22(27)18-12-19(24)14-20(25)13-18)11-15-7-9-17(10-8-15)16-5-3-2-4-6-16/h2-10,12-14,21H,11H2,1H3,(H,26,27)/t21-/m1/s1. The SMILES string of the molecule is COC(=O)[C@@H](Cc1ccc(-c2ccccc2)cc1)NC(=O)c1cc(F)cc(F)c1. The number of rotatable bonds is 6. The summed E-state index contributed by atoms with van der Waals surface area (Å²) in [5, 5.41) is 2.49. The number of nitrogens with one attached hydrogen (secondary N) is 1. The quantitative estimate of drug-likeness (QED) is 0.638. The normalized spacial score (nSPS) is 11.6. The van der Waals surface area contributed by atoms with Crippen molar-refractivity contribution in [2.75, 3.05) is 7.11 Å². The van der Waals surface area contributed by atoms with Crippen LogP contribution in [0.25, 0.3) is 11.1 Å². The molecule has 0 aliphatic rings. The summed E-state index contributed by atoms with van der Waals surface area (Å²) in [6, 6.07) is 18.8. The molecule has 0 heterocycles. The largest absolute Gasteiger partial charge is 0.467 e. The Morgan fingerprint density at radius 2 is 1.48 bits per heavy atom. The third-order valence-electron chi connectivity index (χ3n) is 4.42. The van der Waals surface area contributed by atoms with Crippen molar-refractivity contribution in [2.24, 2.45) is 0 Å². The first-order valence-electron chi connectivity index (χ1n) is 8.95. The third kappa shape index (κ3) is 5.25. The van der Waals surface area contributed by atoms with Crippen molar-refractivity contribution in [3.05, 3.63) is 95.6 Å². The van der Waals surface area contributed by atoms with E-state index < -0.39 is 29.6 Å². The van der Waals surface area contributed by atoms with Gasteiger partial charge in [0.25, 0.3) is 5.91 Å². The van der Waals surface area contributed by atoms with Crippen molar-refractivity contribution < 1.29 is 23.1 Å². The summed E-state index contributed by atoms with van der Waals surface area (Å²) in [5.41, 5.74) is 2.66. The highest BCUT2D eigenvalue weighted by molar-refractivity contribution is 5.96. The summed E-state index contributed by atoms with van der Waals surface area (Å²) in [4.78, 5) is 24.5. The number of hydrogen-bond donors (Lipinski definition) is 1. The second kappa shape index (κ2) is 9.10. The number of esters is 1. The number of methoxy groups -OCH3 is 1. The van der Waals surface area contributed by atoms with Gasteiger partial charge in [0.2, 0.25) is 0 Å². The molecule has 3 aromatic carbocycles. The maximum Gasteiger partial charge on any atom is 0.328 e. The average molecular weight is 395 g/mol. The molecule has 4 nitrogen and oxygen atoms in total. The van der Waals surface area contributed by atoms with E-state index in [0.717, 1.165) is 28.8 Å². The molecule has 148 valence electrons. The molecule has 0 aliphatic carbocycles. The molecule has 0 saturated heterocycles. The Balaban J connectivity index is 1.75. The van der Waals surface area contributed by atoms with E-state index in [4.69, 9.17) is 4.74 Å². The zero-order chi connectivity index (χ0) is 20.8. The summed E-state index contributed by atoms with van der Waals surface area (Å²) >= 11 is 0. The summed E-state index contributed by atoms with van der Waals surface area (Å²) in [6.07, 6.45) is 0.172. The highest BCUT2D eigenvalue weighted by Gasteiger charge is 2.23. The lowest BCUT2D eigenvalue weighted by molar-refractivity contribution is -0.142. The van der Waals surface area contributed by atoms with Crippen molar-refractivity contribution in [3.63, 3.8) is 0 Å². The maximum atomic E-state index is 13.4. The lowest BCUT2D eigenvalue weighted by atomic mass is 10.0. The van der Waals surface area contributed by atoms with E-state index in [-0.39, 0.29) is 12.0 Å². The first-order valence-corrected chi connectivity index (χ1v) is 8.95. The predicted octanol–water partition coefficient (Wildman–Crippen LogP) is 4.15. The predicted molar refractivity (Wildman–Crippen MR) is 105 cm³/mol. The number of halogens is 2. The zero-order valence-electron chi connectivity index (χ0n) is 15.7. The van der Waals surface area contributed by atoms with E-state index in [1.165, 1.54) is 7.11 Å². The highest BCUT2D eigenvalue weighted by atomic mass is 19.1. The van der Waals surface area contributed by atoms with Gasteiger partial charge in [-0.3, -0.25) is 4.79 Å². The van der Waals surface area contributed by atoms with E-state index in [2.05, 4.69) is 5.32 Å². The van der Waals surface area contributed by atoms with Gasteiger partial charge < -0.3 is 10.1 Å². The number of carbonyl (C=O) groups excluding carboxylic acids is 2. The minimum absolute atomic E-state index is 0.172. The van der Waals surface area contributed by atoms with Gasteiger partial charge in [-0.05, 0) is 28.8 Å². The van der Waals surface area contributed by atoms with Crippen LogP contribution < -0.4 is 5.32 Å². The lowest BCUT2D eigenvalue weighted by Gasteiger charge is -2.17. The van der Waals surface area contributed by atoms with Crippen LogP contribution in [-0.2, 0) is 16.0 Å². The summed E-state index contributed by atoms with van der Waals surface area (Å²) in [5.74, 6) is -3.16. The van der Waals surface area contributed by atoms with Crippen LogP contribution >= 0.6 is 0 Å². The van der Waals surface area contributed by atoms with Crippen LogP contribution in [0.4, 0.5) is 8.78 Å². The molecule has 0 aromatic heterocycles. The molecule has 1 N–H and O–H groups in total. The van der Waals surface area contributed by atoms with Crippen LogP contribution in [0.3, 0.4) is 0 Å². The number of hydrogen-bond acceptors (Lipinski definition) is 3. The Morgan fingerprint density at radius 3 is 2.07 bits per heavy atom. The van der Waals surface area contributed by atoms with Crippen LogP contribution in [0.1, 0.15) is 15.9 Å². The van der Waals surface area contributed by atoms with E-state index in [0.29, 0.717) is 6.07 Å². The topological polar surface area (TPSA) is 55.4 Å². The van der Waals surface area contributed by atoms with Crippen LogP contribution in [-0.4, -0.2) is 25.0 Å². The Kier molecular flexibility index (Phi) is 6.34. The van der Waals surface area contributed by atoms with Gasteiger partial charge in [-0.2, -0.15) is 0 Å². The van der Waals surface area contributed by atoms with Crippen molar-refractivity contribution >= 4 is 11.9 Å². The van der Waals surface area contributed by atoms with Gasteiger partial charge in [-0.1, -0.05) is 54.6 Å². The molecule has 29 heavy (non-hydrogen) atoms. The Hall–Kier alpha value is -3.54. The van der Waals surface area contributed by atoms with E-state index >= 15 is 0 Å². The maximum absolute atomic E-state index is 13.4. The highest BCUT2D eigenvalue weighted by Crippen LogP contribution is 2.20. The molecule has 0 fully saturated rings. The van der Waals surface area contributed by atoms with Crippen LogP contribution in [0.5, 0.6) is 0 Å². The smallest absolute Gasteiger partial charge is 0.328 e. The molecule has 0 saturated carbocycles. The molecule has 3 rings (SSSR count). The Morgan fingerprint density at radius 1 is 0.897 bits per heavy atom. The summed E-state index contributed by atoms with van der Waals surface area (Å²) in [6.45, 7) is 0. The average Bonchev–Trinajstić information content (AvgIpc) is 2.73. The molecule has 0 bridgehead atoms. The summed E-state index contributed by atoms with van der Waals surface area (Å²) in [7, 11) is 1.21. The number of amides is 1. The molecule has 3 aromatic rings. The van der Waals surface area contributed by atoms with Crippen LogP contribution in [0.15, 0.2) is 72.8 Å². The van der Waals surface area contributed by atoms with Crippen molar-refractivity contribution in [1.29, 1.82) is 0 Å². The lowest BCUT2D eigenvalue weighted by Crippen LogP contribution is -2.43. The molecule has 0 aliphatic heterocycles. The number of ether oxygens (including phenoxy) is 1. The first kappa shape index (κ1) is 20.2. The van der Waals surface area contributed by atoms with Gasteiger partial charge >= 0.3 is 5.97 Å². The van der Waals surface area contributed by atoms with Crippen molar-refractivity contribution in [2.45, 2.75) is 12.5 Å². The molecule has 0 spiro atoms. The fourth-order valence-electron chi connectivity index (χ4n) is 2.96. The van der Waals surface area contributed by atoms with Gasteiger partial charge in [-0.25, -0.2) is 13.6 Å². The van der Waals surface area contributed by atoms with Gasteiger partial charge in [0, 0.05) is 18.1 Å². The monoisotopic (exact) mass is 395 g/mol. The summed E-state index contributed by atoms with van der Waals surface area (Å²) < 4.78 is 31.5. The number of carbonyl (C=O) groups is 2. The van der Waals surface area contributed by atoms with E-state index in [9.17, 15) is 18.4 Å². The van der Waals surface area contributed by atoms with Gasteiger partial charge in [0.15, 0.2) is 0 Å². The molecular formula is C23H19F2NO3. The van der Waals surface area contributed by atoms with Gasteiger partial charge in [-0.15, -0.1) is 0 Å². The van der Waals surface area contributed by atoms with Crippen LogP contribution in [0, 0.1) is 11.6 Å². The van der Waals surface area contributed by atoms with Gasteiger partial charge in [0.1, 0.15) is 17.7 Å². The molecule has 0 unspecified atom stereocenters. The third-order valence-corrected chi connectivity index (χ3v) is 4.42. The minimum atomic E-state index is -0.999. The van der Waals surface area contributed by atoms with E-state index in [1.807, 2.05) is 54.6 Å². The van der Waals surface area contributed by atoms with Crippen molar-refractivity contribution in [3.8, 4) is 11.1 Å². The Bertz CT molecular complexity index is 984. The zero-order valence-corrected chi connectivity index (χ0v) is 15.7. The molecule has 1 amide bonds. The Labute approximate surface area is 167 Å².